The quantitative estimate of drug-likeness (QED) is 0.756. The van der Waals surface area contributed by atoms with Crippen molar-refractivity contribution in [3.8, 4) is 0 Å². The molecule has 0 saturated carbocycles. The number of aromatic carboxylic acids is 1. The zero-order valence-corrected chi connectivity index (χ0v) is 9.38. The summed E-state index contributed by atoms with van der Waals surface area (Å²) in [5, 5.41) is 11.3. The van der Waals surface area contributed by atoms with Crippen LogP contribution in [0.15, 0.2) is 36.8 Å². The maximum absolute atomic E-state index is 11.6. The Morgan fingerprint density at radius 2 is 2.17 bits per heavy atom. The van der Waals surface area contributed by atoms with Crippen molar-refractivity contribution in [2.24, 2.45) is 0 Å². The van der Waals surface area contributed by atoms with Crippen LogP contribution in [0.4, 0.5) is 5.69 Å². The lowest BCUT2D eigenvalue weighted by Crippen LogP contribution is -2.14. The van der Waals surface area contributed by atoms with Gasteiger partial charge in [-0.05, 0) is 23.8 Å². The molecule has 6 heteroatoms. The standard InChI is InChI=1S/C12H11N3O3/c16-11(5-8-3-4-13-6-8)15-9-1-2-10(12(17)18)14-7-9/h1-4,6-7,13H,5H2,(H,15,16)(H,17,18). The summed E-state index contributed by atoms with van der Waals surface area (Å²) < 4.78 is 0. The van der Waals surface area contributed by atoms with Gasteiger partial charge in [0.15, 0.2) is 0 Å². The number of carboxylic acid groups (broad SMARTS) is 1. The van der Waals surface area contributed by atoms with Crippen molar-refractivity contribution in [3.05, 3.63) is 48.0 Å². The van der Waals surface area contributed by atoms with E-state index in [4.69, 9.17) is 5.11 Å². The number of rotatable bonds is 4. The number of nitrogens with zero attached hydrogens (tertiary/aromatic N) is 1. The molecule has 0 fully saturated rings. The molecule has 0 aliphatic heterocycles. The fourth-order valence-electron chi connectivity index (χ4n) is 1.45. The van der Waals surface area contributed by atoms with E-state index in [0.29, 0.717) is 5.69 Å². The number of hydrogen-bond donors (Lipinski definition) is 3. The highest BCUT2D eigenvalue weighted by molar-refractivity contribution is 5.92. The molecule has 0 aliphatic carbocycles. The first-order valence-corrected chi connectivity index (χ1v) is 5.26. The first-order chi connectivity index (χ1) is 8.65. The van der Waals surface area contributed by atoms with Crippen LogP contribution >= 0.6 is 0 Å². The van der Waals surface area contributed by atoms with Crippen LogP contribution in [-0.4, -0.2) is 27.0 Å². The van der Waals surface area contributed by atoms with Gasteiger partial charge < -0.3 is 15.4 Å². The number of aromatic nitrogens is 2. The van der Waals surface area contributed by atoms with Crippen LogP contribution in [-0.2, 0) is 11.2 Å². The average Bonchev–Trinajstić information content (AvgIpc) is 2.82. The molecule has 2 rings (SSSR count). The number of carboxylic acids is 1. The van der Waals surface area contributed by atoms with Gasteiger partial charge in [0.2, 0.25) is 5.91 Å². The molecule has 6 nitrogen and oxygen atoms in total. The molecule has 0 aliphatic rings. The second-order valence-corrected chi connectivity index (χ2v) is 3.68. The third-order valence-corrected chi connectivity index (χ3v) is 2.29. The molecule has 92 valence electrons. The predicted molar refractivity (Wildman–Crippen MR) is 64.3 cm³/mol. The topological polar surface area (TPSA) is 95.1 Å². The van der Waals surface area contributed by atoms with E-state index in [1.807, 2.05) is 6.07 Å². The van der Waals surface area contributed by atoms with E-state index in [-0.39, 0.29) is 18.0 Å². The van der Waals surface area contributed by atoms with Crippen LogP contribution in [0.25, 0.3) is 0 Å². The van der Waals surface area contributed by atoms with Crippen LogP contribution in [0.5, 0.6) is 0 Å². The zero-order chi connectivity index (χ0) is 13.0. The van der Waals surface area contributed by atoms with Crippen LogP contribution in [0, 0.1) is 0 Å². The Kier molecular flexibility index (Phi) is 3.38. The van der Waals surface area contributed by atoms with Crippen molar-refractivity contribution in [2.45, 2.75) is 6.42 Å². The van der Waals surface area contributed by atoms with E-state index in [9.17, 15) is 9.59 Å². The molecule has 0 aromatic carbocycles. The van der Waals surface area contributed by atoms with Crippen LogP contribution < -0.4 is 5.32 Å². The number of anilines is 1. The second kappa shape index (κ2) is 5.13. The van der Waals surface area contributed by atoms with Gasteiger partial charge in [-0.2, -0.15) is 0 Å². The van der Waals surface area contributed by atoms with Crippen LogP contribution in [0.3, 0.4) is 0 Å². The Balaban J connectivity index is 1.97. The molecule has 2 aromatic heterocycles. The number of nitrogens with one attached hydrogen (secondary N) is 2. The lowest BCUT2D eigenvalue weighted by atomic mass is 10.2. The molecule has 0 radical (unpaired) electrons. The molecular formula is C12H11N3O3. The second-order valence-electron chi connectivity index (χ2n) is 3.68. The van der Waals surface area contributed by atoms with Gasteiger partial charge in [0, 0.05) is 12.4 Å². The summed E-state index contributed by atoms with van der Waals surface area (Å²) in [6, 6.07) is 4.66. The SMILES string of the molecule is O=C(Cc1cc[nH]c1)Nc1ccc(C(=O)O)nc1. The first-order valence-electron chi connectivity index (χ1n) is 5.26. The maximum Gasteiger partial charge on any atom is 0.354 e. The number of amides is 1. The monoisotopic (exact) mass is 245 g/mol. The summed E-state index contributed by atoms with van der Waals surface area (Å²) in [5.74, 6) is -1.28. The summed E-state index contributed by atoms with van der Waals surface area (Å²) in [6.07, 6.45) is 5.06. The average molecular weight is 245 g/mol. The lowest BCUT2D eigenvalue weighted by molar-refractivity contribution is -0.115. The summed E-state index contributed by atoms with van der Waals surface area (Å²) in [6.45, 7) is 0. The van der Waals surface area contributed by atoms with E-state index in [1.165, 1.54) is 18.3 Å². The molecular weight excluding hydrogens is 234 g/mol. The van der Waals surface area contributed by atoms with Gasteiger partial charge in [-0.25, -0.2) is 9.78 Å². The van der Waals surface area contributed by atoms with Crippen molar-refractivity contribution in [3.63, 3.8) is 0 Å². The number of hydrogen-bond acceptors (Lipinski definition) is 3. The molecule has 2 heterocycles. The van der Waals surface area contributed by atoms with Gasteiger partial charge in [-0.15, -0.1) is 0 Å². The molecule has 0 spiro atoms. The minimum atomic E-state index is -1.10. The molecule has 0 atom stereocenters. The molecule has 0 unspecified atom stereocenters. The van der Waals surface area contributed by atoms with Gasteiger partial charge in [-0.1, -0.05) is 0 Å². The highest BCUT2D eigenvalue weighted by Crippen LogP contribution is 2.07. The number of carbonyl (C=O) groups excluding carboxylic acids is 1. The van der Waals surface area contributed by atoms with Crippen molar-refractivity contribution < 1.29 is 14.7 Å². The van der Waals surface area contributed by atoms with E-state index in [0.717, 1.165) is 5.56 Å². The largest absolute Gasteiger partial charge is 0.477 e. The van der Waals surface area contributed by atoms with Gasteiger partial charge in [-0.3, -0.25) is 4.79 Å². The summed E-state index contributed by atoms with van der Waals surface area (Å²) in [4.78, 5) is 28.8. The Labute approximate surface area is 103 Å². The Morgan fingerprint density at radius 3 is 2.72 bits per heavy atom. The normalized spacial score (nSPS) is 10.0. The van der Waals surface area contributed by atoms with Gasteiger partial charge >= 0.3 is 5.97 Å². The fraction of sp³-hybridized carbons (Fsp3) is 0.0833. The number of H-pyrrole nitrogens is 1. The highest BCUT2D eigenvalue weighted by Gasteiger charge is 2.07. The Hall–Kier alpha value is -2.63. The van der Waals surface area contributed by atoms with Gasteiger partial charge in [0.05, 0.1) is 18.3 Å². The summed E-state index contributed by atoms with van der Waals surface area (Å²) in [7, 11) is 0. The number of pyridine rings is 1. The maximum atomic E-state index is 11.6. The van der Waals surface area contributed by atoms with Crippen molar-refractivity contribution in [1.29, 1.82) is 0 Å². The molecule has 0 saturated heterocycles. The minimum Gasteiger partial charge on any atom is -0.477 e. The molecule has 1 amide bonds. The van der Waals surface area contributed by atoms with Gasteiger partial charge in [0.25, 0.3) is 0 Å². The van der Waals surface area contributed by atoms with Crippen molar-refractivity contribution in [2.75, 3.05) is 5.32 Å². The predicted octanol–water partition coefficient (Wildman–Crippen LogP) is 1.29. The van der Waals surface area contributed by atoms with E-state index in [2.05, 4.69) is 15.3 Å². The van der Waals surface area contributed by atoms with E-state index >= 15 is 0 Å². The Bertz CT molecular complexity index is 546. The molecule has 2 aromatic rings. The lowest BCUT2D eigenvalue weighted by Gasteiger charge is -2.03. The smallest absolute Gasteiger partial charge is 0.354 e. The molecule has 0 bridgehead atoms. The molecule has 18 heavy (non-hydrogen) atoms. The van der Waals surface area contributed by atoms with Gasteiger partial charge in [0.1, 0.15) is 5.69 Å². The zero-order valence-electron chi connectivity index (χ0n) is 9.38. The van der Waals surface area contributed by atoms with Crippen LogP contribution in [0.2, 0.25) is 0 Å². The van der Waals surface area contributed by atoms with E-state index in [1.54, 1.807) is 12.4 Å². The Morgan fingerprint density at radius 1 is 1.33 bits per heavy atom. The first kappa shape index (κ1) is 11.8. The third kappa shape index (κ3) is 2.94. The summed E-state index contributed by atoms with van der Waals surface area (Å²) >= 11 is 0. The van der Waals surface area contributed by atoms with E-state index < -0.39 is 5.97 Å². The van der Waals surface area contributed by atoms with Crippen molar-refractivity contribution in [1.82, 2.24) is 9.97 Å². The third-order valence-electron chi connectivity index (χ3n) is 2.29. The highest BCUT2D eigenvalue weighted by atomic mass is 16.4. The minimum absolute atomic E-state index is 0.0568. The number of carbonyl (C=O) groups is 2. The summed E-state index contributed by atoms with van der Waals surface area (Å²) in [5.41, 5.74) is 1.29. The van der Waals surface area contributed by atoms with Crippen molar-refractivity contribution >= 4 is 17.6 Å². The van der Waals surface area contributed by atoms with Crippen LogP contribution in [0.1, 0.15) is 16.1 Å². The molecule has 3 N–H and O–H groups in total. The number of aromatic amines is 1. The fourth-order valence-corrected chi connectivity index (χ4v) is 1.45.